The van der Waals surface area contributed by atoms with Gasteiger partial charge in [-0.2, -0.15) is 0 Å². The van der Waals surface area contributed by atoms with Gasteiger partial charge < -0.3 is 9.80 Å². The summed E-state index contributed by atoms with van der Waals surface area (Å²) >= 11 is 7.44. The Morgan fingerprint density at radius 1 is 1.00 bits per heavy atom. The van der Waals surface area contributed by atoms with Gasteiger partial charge in [0.2, 0.25) is 0 Å². The van der Waals surface area contributed by atoms with Crippen LogP contribution in [-0.4, -0.2) is 51.8 Å². The summed E-state index contributed by atoms with van der Waals surface area (Å²) in [5.74, 6) is -0.358. The molecule has 3 aromatic rings. The Labute approximate surface area is 178 Å². The molecule has 0 atom stereocenters. The number of rotatable bonds is 4. The standard InChI is InChI=1S/C18H14ClN5O5S/c19-14-3-1-11(23(26)27)9-13(14)17(25)21-5-7-22(8-6-21)18-20-15-4-2-12(24(28)29)10-16(15)30-18/h1-4,9-10H,5-8H2. The lowest BCUT2D eigenvalue weighted by Crippen LogP contribution is -2.48. The van der Waals surface area contributed by atoms with Gasteiger partial charge in [0.05, 0.1) is 30.6 Å². The normalized spacial score (nSPS) is 14.2. The molecule has 0 unspecified atom stereocenters. The number of piperazine rings is 1. The Balaban J connectivity index is 1.48. The summed E-state index contributed by atoms with van der Waals surface area (Å²) in [6, 6.07) is 8.35. The SMILES string of the molecule is O=C(c1cc([N+](=O)[O-])ccc1Cl)N1CCN(c2nc3ccc([N+](=O)[O-])cc3s2)CC1. The molecule has 0 aliphatic carbocycles. The van der Waals surface area contributed by atoms with Crippen LogP contribution in [0, 0.1) is 20.2 Å². The molecule has 0 N–H and O–H groups in total. The van der Waals surface area contributed by atoms with E-state index in [1.54, 1.807) is 11.0 Å². The van der Waals surface area contributed by atoms with Crippen molar-refractivity contribution in [2.24, 2.45) is 0 Å². The van der Waals surface area contributed by atoms with E-state index in [0.717, 1.165) is 9.83 Å². The largest absolute Gasteiger partial charge is 0.345 e. The van der Waals surface area contributed by atoms with E-state index in [9.17, 15) is 25.0 Å². The molecule has 12 heteroatoms. The highest BCUT2D eigenvalue weighted by molar-refractivity contribution is 7.22. The zero-order chi connectivity index (χ0) is 21.4. The summed E-state index contributed by atoms with van der Waals surface area (Å²) < 4.78 is 0.723. The smallest absolute Gasteiger partial charge is 0.270 e. The monoisotopic (exact) mass is 447 g/mol. The number of nitro groups is 2. The molecule has 2 aromatic carbocycles. The molecule has 2 heterocycles. The van der Waals surface area contributed by atoms with Crippen molar-refractivity contribution in [3.05, 3.63) is 67.2 Å². The fourth-order valence-corrected chi connectivity index (χ4v) is 4.46. The van der Waals surface area contributed by atoms with E-state index < -0.39 is 9.85 Å². The van der Waals surface area contributed by atoms with Crippen LogP contribution in [0.3, 0.4) is 0 Å². The second-order valence-electron chi connectivity index (χ2n) is 6.61. The maximum Gasteiger partial charge on any atom is 0.270 e. The Bertz CT molecular complexity index is 1170. The van der Waals surface area contributed by atoms with Gasteiger partial charge in [0.15, 0.2) is 5.13 Å². The predicted octanol–water partition coefficient (Wildman–Crippen LogP) is 3.73. The number of aromatic nitrogens is 1. The van der Waals surface area contributed by atoms with Gasteiger partial charge in [0, 0.05) is 50.4 Å². The van der Waals surface area contributed by atoms with Crippen LogP contribution in [0.15, 0.2) is 36.4 Å². The van der Waals surface area contributed by atoms with E-state index in [1.807, 2.05) is 4.90 Å². The maximum atomic E-state index is 12.8. The van der Waals surface area contributed by atoms with Gasteiger partial charge >= 0.3 is 0 Å². The second kappa shape index (κ2) is 7.84. The van der Waals surface area contributed by atoms with Crippen molar-refractivity contribution in [1.82, 2.24) is 9.88 Å². The van der Waals surface area contributed by atoms with Crippen molar-refractivity contribution in [3.63, 3.8) is 0 Å². The average Bonchev–Trinajstić information content (AvgIpc) is 3.17. The maximum absolute atomic E-state index is 12.8. The Morgan fingerprint density at radius 3 is 2.30 bits per heavy atom. The number of hydrogen-bond acceptors (Lipinski definition) is 8. The first kappa shape index (κ1) is 20.0. The van der Waals surface area contributed by atoms with Crippen molar-refractivity contribution < 1.29 is 14.6 Å². The fraction of sp³-hybridized carbons (Fsp3) is 0.222. The average molecular weight is 448 g/mol. The molecule has 154 valence electrons. The van der Waals surface area contributed by atoms with Crippen LogP contribution in [-0.2, 0) is 0 Å². The fourth-order valence-electron chi connectivity index (χ4n) is 3.21. The lowest BCUT2D eigenvalue weighted by Gasteiger charge is -2.34. The third kappa shape index (κ3) is 3.76. The van der Waals surface area contributed by atoms with Crippen LogP contribution < -0.4 is 4.90 Å². The first-order chi connectivity index (χ1) is 14.3. The van der Waals surface area contributed by atoms with Crippen LogP contribution in [0.4, 0.5) is 16.5 Å². The Morgan fingerprint density at radius 2 is 1.63 bits per heavy atom. The quantitative estimate of drug-likeness (QED) is 0.441. The summed E-state index contributed by atoms with van der Waals surface area (Å²) in [7, 11) is 0. The lowest BCUT2D eigenvalue weighted by atomic mass is 10.1. The van der Waals surface area contributed by atoms with Gasteiger partial charge in [-0.05, 0) is 12.1 Å². The molecule has 0 spiro atoms. The predicted molar refractivity (Wildman–Crippen MR) is 112 cm³/mol. The van der Waals surface area contributed by atoms with Crippen LogP contribution in [0.2, 0.25) is 5.02 Å². The molecule has 1 aromatic heterocycles. The summed E-state index contributed by atoms with van der Waals surface area (Å²) in [6.45, 7) is 1.82. The number of benzene rings is 2. The van der Waals surface area contributed by atoms with Gasteiger partial charge in [0.1, 0.15) is 0 Å². The minimum absolute atomic E-state index is 0.0157. The zero-order valence-corrected chi connectivity index (χ0v) is 16.9. The third-order valence-corrected chi connectivity index (χ3v) is 6.21. The second-order valence-corrected chi connectivity index (χ2v) is 8.02. The lowest BCUT2D eigenvalue weighted by molar-refractivity contribution is -0.385. The van der Waals surface area contributed by atoms with Gasteiger partial charge in [-0.15, -0.1) is 0 Å². The van der Waals surface area contributed by atoms with Crippen molar-refractivity contribution in [3.8, 4) is 0 Å². The Kier molecular flexibility index (Phi) is 5.22. The van der Waals surface area contributed by atoms with Crippen LogP contribution in [0.25, 0.3) is 10.2 Å². The summed E-state index contributed by atoms with van der Waals surface area (Å²) in [5.41, 5.74) is 0.612. The number of hydrogen-bond donors (Lipinski definition) is 0. The number of amides is 1. The number of nitro benzene ring substituents is 2. The number of carbonyl (C=O) groups excluding carboxylic acids is 1. The van der Waals surface area contributed by atoms with Gasteiger partial charge in [0.25, 0.3) is 17.3 Å². The highest BCUT2D eigenvalue weighted by Gasteiger charge is 2.26. The molecule has 0 saturated carbocycles. The molecule has 4 rings (SSSR count). The van der Waals surface area contributed by atoms with Crippen LogP contribution >= 0.6 is 22.9 Å². The molecular weight excluding hydrogens is 434 g/mol. The van der Waals surface area contributed by atoms with E-state index >= 15 is 0 Å². The number of anilines is 1. The highest BCUT2D eigenvalue weighted by Crippen LogP contribution is 2.32. The highest BCUT2D eigenvalue weighted by atomic mass is 35.5. The summed E-state index contributed by atoms with van der Waals surface area (Å²) in [6.07, 6.45) is 0. The van der Waals surface area contributed by atoms with Gasteiger partial charge in [-0.3, -0.25) is 25.0 Å². The number of nitrogens with zero attached hydrogens (tertiary/aromatic N) is 5. The van der Waals surface area contributed by atoms with E-state index in [-0.39, 0.29) is 27.9 Å². The number of halogens is 1. The number of thiazole rings is 1. The first-order valence-corrected chi connectivity index (χ1v) is 10.1. The summed E-state index contributed by atoms with van der Waals surface area (Å²) in [5, 5.41) is 22.8. The minimum atomic E-state index is -0.567. The zero-order valence-electron chi connectivity index (χ0n) is 15.4. The molecule has 1 amide bonds. The van der Waals surface area contributed by atoms with E-state index in [1.165, 1.54) is 41.7 Å². The molecule has 1 aliphatic rings. The molecule has 1 saturated heterocycles. The topological polar surface area (TPSA) is 123 Å². The van der Waals surface area contributed by atoms with Crippen LogP contribution in [0.1, 0.15) is 10.4 Å². The van der Waals surface area contributed by atoms with Gasteiger partial charge in [-0.1, -0.05) is 22.9 Å². The molecular formula is C18H14ClN5O5S. The Hall–Kier alpha value is -3.31. The van der Waals surface area contributed by atoms with Crippen molar-refractivity contribution in [2.45, 2.75) is 0 Å². The number of carbonyl (C=O) groups is 1. The molecule has 0 bridgehead atoms. The van der Waals surface area contributed by atoms with Crippen molar-refractivity contribution in [2.75, 3.05) is 31.1 Å². The molecule has 1 aliphatic heterocycles. The van der Waals surface area contributed by atoms with Crippen LogP contribution in [0.5, 0.6) is 0 Å². The minimum Gasteiger partial charge on any atom is -0.345 e. The van der Waals surface area contributed by atoms with E-state index in [0.29, 0.717) is 31.7 Å². The third-order valence-electron chi connectivity index (χ3n) is 4.80. The molecule has 10 nitrogen and oxygen atoms in total. The van der Waals surface area contributed by atoms with E-state index in [2.05, 4.69) is 4.98 Å². The van der Waals surface area contributed by atoms with Gasteiger partial charge in [-0.25, -0.2) is 4.98 Å². The van der Waals surface area contributed by atoms with Crippen molar-refractivity contribution >= 4 is 55.6 Å². The van der Waals surface area contributed by atoms with Crippen molar-refractivity contribution in [1.29, 1.82) is 0 Å². The number of non-ortho nitro benzene ring substituents is 2. The first-order valence-electron chi connectivity index (χ1n) is 8.86. The summed E-state index contributed by atoms with van der Waals surface area (Å²) in [4.78, 5) is 41.9. The number of fused-ring (bicyclic) bond motifs is 1. The molecule has 30 heavy (non-hydrogen) atoms. The van der Waals surface area contributed by atoms with E-state index in [4.69, 9.17) is 11.6 Å². The molecule has 1 fully saturated rings. The molecule has 0 radical (unpaired) electrons.